The molecule has 14 nitrogen and oxygen atoms in total. The van der Waals surface area contributed by atoms with E-state index in [0.717, 1.165) is 16.5 Å². The lowest BCUT2D eigenvalue weighted by Crippen LogP contribution is -2.47. The molecule has 2 amide bonds. The number of Topliss-reactive ketones (excluding diaryl/α,β-unsaturated/α-hetero) is 3. The smallest absolute Gasteiger partial charge is 0.450 e. The maximum absolute atomic E-state index is 14.2. The Bertz CT molecular complexity index is 2110. The van der Waals surface area contributed by atoms with E-state index in [2.05, 4.69) is 22.5 Å². The van der Waals surface area contributed by atoms with E-state index in [1.165, 1.54) is 20.8 Å². The largest absolute Gasteiger partial charge is 0.460 e. The summed E-state index contributed by atoms with van der Waals surface area (Å²) < 4.78 is 57.3. The number of halogens is 3. The van der Waals surface area contributed by atoms with E-state index in [9.17, 15) is 51.5 Å². The third-order valence-corrected chi connectivity index (χ3v) is 10.2. The van der Waals surface area contributed by atoms with Crippen LogP contribution >= 0.6 is 0 Å². The van der Waals surface area contributed by atoms with Crippen molar-refractivity contribution in [3.8, 4) is 0 Å². The molecular formula is C51H72F3N3O11. The molecule has 0 aliphatic rings. The van der Waals surface area contributed by atoms with Crippen molar-refractivity contribution < 1.29 is 65.7 Å². The summed E-state index contributed by atoms with van der Waals surface area (Å²) in [5, 5.41) is 10.7. The number of nitrogens with one attached hydrogen (secondary N) is 3. The Morgan fingerprint density at radius 3 is 1.76 bits per heavy atom. The first-order chi connectivity index (χ1) is 31.2. The van der Waals surface area contributed by atoms with Crippen LogP contribution in [-0.4, -0.2) is 88.7 Å². The fourth-order valence-corrected chi connectivity index (χ4v) is 7.25. The maximum Gasteiger partial charge on any atom is 0.450 e. The third-order valence-electron chi connectivity index (χ3n) is 10.2. The van der Waals surface area contributed by atoms with Crippen LogP contribution in [0.2, 0.25) is 0 Å². The first-order valence-corrected chi connectivity index (χ1v) is 23.0. The van der Waals surface area contributed by atoms with Crippen molar-refractivity contribution in [2.45, 2.75) is 175 Å². The monoisotopic (exact) mass is 960 g/mol. The van der Waals surface area contributed by atoms with E-state index >= 15 is 0 Å². The second kappa shape index (κ2) is 25.7. The minimum atomic E-state index is -5.30. The van der Waals surface area contributed by atoms with Gasteiger partial charge in [-0.1, -0.05) is 62.4 Å². The number of rotatable bonds is 26. The number of alkyl halides is 3. The predicted molar refractivity (Wildman–Crippen MR) is 252 cm³/mol. The maximum atomic E-state index is 14.2. The Morgan fingerprint density at radius 2 is 1.19 bits per heavy atom. The number of fused-ring (bicyclic) bond motifs is 1. The van der Waals surface area contributed by atoms with Crippen molar-refractivity contribution in [2.24, 2.45) is 17.8 Å². The van der Waals surface area contributed by atoms with Crippen LogP contribution in [0, 0.1) is 17.8 Å². The molecule has 2 aromatic carbocycles. The Hall–Kier alpha value is -5.61. The van der Waals surface area contributed by atoms with E-state index in [1.54, 1.807) is 55.4 Å². The highest BCUT2D eigenvalue weighted by Gasteiger charge is 2.45. The van der Waals surface area contributed by atoms with Crippen molar-refractivity contribution in [1.82, 2.24) is 10.6 Å². The quantitative estimate of drug-likeness (QED) is 0.0351. The van der Waals surface area contributed by atoms with Gasteiger partial charge in [-0.25, -0.2) is 0 Å². The Labute approximate surface area is 398 Å². The lowest BCUT2D eigenvalue weighted by atomic mass is 9.85. The standard InChI is InChI=1S/C51H72F3N3O11/c1-31(2)45(32(3)27-35(46(64)51(52,53)54)29-43(62)67-49(7,8)9)57-47(65)34(22-25-42(61)66-48(4,5)6)28-40(59)39(30-44(63)68-50(10,11)12)56-41(60)24-23-36(58)19-16-26-55-38-21-15-18-33-17-13-14-20-37(33)38/h13-15,17-18,20-21,31,34-35,39,45,55H,3,16,19,22-30H2,1-2,4-12H3,(H,56,60)(H,57,65)/t34?,35?,39?,45-/m1/s1. The number of ether oxygens (including phenoxy) is 3. The first-order valence-electron chi connectivity index (χ1n) is 23.0. The lowest BCUT2D eigenvalue weighted by Gasteiger charge is -2.30. The molecule has 0 fully saturated rings. The molecule has 2 rings (SSSR count). The molecule has 378 valence electrons. The molecule has 0 aliphatic carbocycles. The van der Waals surface area contributed by atoms with Crippen LogP contribution in [-0.2, 0) is 52.6 Å². The second-order valence-electron chi connectivity index (χ2n) is 20.4. The molecule has 0 aromatic heterocycles. The SMILES string of the molecule is C=C(CC(CC(=O)OC(C)(C)C)C(=O)C(F)(F)F)[C@H](NC(=O)C(CCC(=O)OC(C)(C)C)CC(=O)C(CC(=O)OC(C)(C)C)NC(=O)CCC(=O)CCCNc1cccc2ccccc12)C(C)C. The molecule has 3 unspecified atom stereocenters. The Kier molecular flexibility index (Phi) is 22.1. The number of ketones is 3. The van der Waals surface area contributed by atoms with Crippen LogP contribution < -0.4 is 16.0 Å². The van der Waals surface area contributed by atoms with Crippen molar-refractivity contribution in [3.05, 3.63) is 54.6 Å². The number of benzene rings is 2. The fraction of sp³-hybridized carbons (Fsp3) is 0.608. The number of carbonyl (C=O) groups is 8. The van der Waals surface area contributed by atoms with Crippen LogP contribution in [0.15, 0.2) is 54.6 Å². The first kappa shape index (κ1) is 58.5. The van der Waals surface area contributed by atoms with E-state index in [-0.39, 0.29) is 43.5 Å². The van der Waals surface area contributed by atoms with E-state index < -0.39 is 120 Å². The van der Waals surface area contributed by atoms with Gasteiger partial charge in [0, 0.05) is 61.6 Å². The summed E-state index contributed by atoms with van der Waals surface area (Å²) in [7, 11) is 0. The molecule has 0 heterocycles. The van der Waals surface area contributed by atoms with Crippen LogP contribution in [0.3, 0.4) is 0 Å². The highest BCUT2D eigenvalue weighted by atomic mass is 19.4. The van der Waals surface area contributed by atoms with Gasteiger partial charge < -0.3 is 30.2 Å². The zero-order chi connectivity index (χ0) is 51.8. The molecule has 17 heteroatoms. The van der Waals surface area contributed by atoms with Gasteiger partial charge in [0.1, 0.15) is 22.6 Å². The summed E-state index contributed by atoms with van der Waals surface area (Å²) in [6.07, 6.45) is -8.54. The van der Waals surface area contributed by atoms with Crippen molar-refractivity contribution in [2.75, 3.05) is 11.9 Å². The number of hydrogen-bond acceptors (Lipinski definition) is 12. The van der Waals surface area contributed by atoms with Gasteiger partial charge in [0.2, 0.25) is 17.6 Å². The zero-order valence-corrected chi connectivity index (χ0v) is 41.5. The average Bonchev–Trinajstić information content (AvgIpc) is 3.18. The molecule has 0 saturated heterocycles. The van der Waals surface area contributed by atoms with Crippen LogP contribution in [0.5, 0.6) is 0 Å². The summed E-state index contributed by atoms with van der Waals surface area (Å²) in [5.41, 5.74) is -2.01. The van der Waals surface area contributed by atoms with Gasteiger partial charge in [-0.2, -0.15) is 13.2 Å². The van der Waals surface area contributed by atoms with Crippen LogP contribution in [0.4, 0.5) is 18.9 Å². The Balaban J connectivity index is 2.30. The highest BCUT2D eigenvalue weighted by molar-refractivity contribution is 5.96. The summed E-state index contributed by atoms with van der Waals surface area (Å²) >= 11 is 0. The fourth-order valence-electron chi connectivity index (χ4n) is 7.25. The number of esters is 3. The molecular weight excluding hydrogens is 888 g/mol. The molecule has 0 spiro atoms. The summed E-state index contributed by atoms with van der Waals surface area (Å²) in [6.45, 7) is 22.0. The second-order valence-corrected chi connectivity index (χ2v) is 20.4. The van der Waals surface area contributed by atoms with Gasteiger partial charge in [-0.15, -0.1) is 0 Å². The molecule has 0 aliphatic heterocycles. The van der Waals surface area contributed by atoms with E-state index in [1.807, 2.05) is 42.5 Å². The molecule has 68 heavy (non-hydrogen) atoms. The number of carbonyl (C=O) groups excluding carboxylic acids is 8. The van der Waals surface area contributed by atoms with E-state index in [0.29, 0.717) is 13.0 Å². The van der Waals surface area contributed by atoms with Gasteiger partial charge >= 0.3 is 24.1 Å². The van der Waals surface area contributed by atoms with Crippen molar-refractivity contribution in [3.63, 3.8) is 0 Å². The highest BCUT2D eigenvalue weighted by Crippen LogP contribution is 2.31. The van der Waals surface area contributed by atoms with E-state index in [4.69, 9.17) is 14.2 Å². The average molecular weight is 960 g/mol. The minimum Gasteiger partial charge on any atom is -0.460 e. The Morgan fingerprint density at radius 1 is 0.632 bits per heavy atom. The summed E-state index contributed by atoms with van der Waals surface area (Å²) in [4.78, 5) is 106. The minimum absolute atomic E-state index is 0.0255. The molecule has 4 atom stereocenters. The van der Waals surface area contributed by atoms with Crippen LogP contribution in [0.1, 0.15) is 140 Å². The topological polar surface area (TPSA) is 200 Å². The van der Waals surface area contributed by atoms with Gasteiger partial charge in [0.25, 0.3) is 0 Å². The zero-order valence-electron chi connectivity index (χ0n) is 41.5. The van der Waals surface area contributed by atoms with Gasteiger partial charge in [-0.05, 0) is 98.9 Å². The van der Waals surface area contributed by atoms with Crippen molar-refractivity contribution >= 4 is 63.5 Å². The van der Waals surface area contributed by atoms with Gasteiger partial charge in [0.05, 0.1) is 24.9 Å². The molecule has 0 bridgehead atoms. The van der Waals surface area contributed by atoms with Gasteiger partial charge in [-0.3, -0.25) is 38.4 Å². The summed E-state index contributed by atoms with van der Waals surface area (Å²) in [5.74, 6) is -11.1. The number of hydrogen-bond donors (Lipinski definition) is 3. The third kappa shape index (κ3) is 22.5. The van der Waals surface area contributed by atoms with Crippen LogP contribution in [0.25, 0.3) is 10.8 Å². The molecule has 0 saturated carbocycles. The number of amides is 2. The molecule has 3 N–H and O–H groups in total. The normalized spacial score (nSPS) is 13.9. The van der Waals surface area contributed by atoms with Gasteiger partial charge in [0.15, 0.2) is 5.78 Å². The molecule has 0 radical (unpaired) electrons. The lowest BCUT2D eigenvalue weighted by molar-refractivity contribution is -0.178. The van der Waals surface area contributed by atoms with Crippen molar-refractivity contribution in [1.29, 1.82) is 0 Å². The predicted octanol–water partition coefficient (Wildman–Crippen LogP) is 8.86. The number of anilines is 1. The summed E-state index contributed by atoms with van der Waals surface area (Å²) in [6, 6.07) is 11.1. The molecule has 2 aromatic rings.